The molecule has 1 aromatic rings. The van der Waals surface area contributed by atoms with Gasteiger partial charge in [0.25, 0.3) is 5.56 Å². The third-order valence-corrected chi connectivity index (χ3v) is 3.12. The van der Waals surface area contributed by atoms with Gasteiger partial charge >= 0.3 is 0 Å². The number of aromatic nitrogens is 1. The van der Waals surface area contributed by atoms with E-state index in [0.29, 0.717) is 12.2 Å². The number of hydrogen-bond donors (Lipinski definition) is 2. The summed E-state index contributed by atoms with van der Waals surface area (Å²) < 4.78 is 6.82. The standard InChI is InChI=1S/C13H19N3O3/c14-10-4-5-13(18)16(8-10)9-12(17)15-7-11-3-1-2-6-19-11/h4-5,8,11H,1-3,6-7,9,14H2,(H,15,17). The quantitative estimate of drug-likeness (QED) is 0.809. The summed E-state index contributed by atoms with van der Waals surface area (Å²) in [5, 5.41) is 2.78. The third kappa shape index (κ3) is 4.10. The zero-order chi connectivity index (χ0) is 13.7. The summed E-state index contributed by atoms with van der Waals surface area (Å²) in [6, 6.07) is 2.87. The van der Waals surface area contributed by atoms with E-state index in [4.69, 9.17) is 10.5 Å². The Morgan fingerprint density at radius 1 is 1.47 bits per heavy atom. The van der Waals surface area contributed by atoms with Crippen LogP contribution in [0.2, 0.25) is 0 Å². The number of amides is 1. The monoisotopic (exact) mass is 265 g/mol. The van der Waals surface area contributed by atoms with Gasteiger partial charge in [0.2, 0.25) is 5.91 Å². The minimum Gasteiger partial charge on any atom is -0.398 e. The van der Waals surface area contributed by atoms with E-state index in [9.17, 15) is 9.59 Å². The molecule has 1 amide bonds. The van der Waals surface area contributed by atoms with Crippen LogP contribution in [-0.2, 0) is 16.1 Å². The first-order valence-electron chi connectivity index (χ1n) is 6.49. The maximum atomic E-state index is 11.8. The van der Waals surface area contributed by atoms with Crippen LogP contribution in [-0.4, -0.2) is 29.7 Å². The van der Waals surface area contributed by atoms with Crippen molar-refractivity contribution in [1.82, 2.24) is 9.88 Å². The van der Waals surface area contributed by atoms with Gasteiger partial charge in [-0.05, 0) is 25.3 Å². The molecule has 104 valence electrons. The summed E-state index contributed by atoms with van der Waals surface area (Å²) in [6.07, 6.45) is 4.76. The number of anilines is 1. The summed E-state index contributed by atoms with van der Waals surface area (Å²) >= 11 is 0. The highest BCUT2D eigenvalue weighted by atomic mass is 16.5. The predicted molar refractivity (Wildman–Crippen MR) is 71.7 cm³/mol. The number of carbonyl (C=O) groups is 1. The van der Waals surface area contributed by atoms with Crippen molar-refractivity contribution in [2.24, 2.45) is 0 Å². The lowest BCUT2D eigenvalue weighted by Crippen LogP contribution is -2.38. The average Bonchev–Trinajstić information content (AvgIpc) is 2.42. The second kappa shape index (κ2) is 6.38. The number of rotatable bonds is 4. The molecule has 1 atom stereocenters. The van der Waals surface area contributed by atoms with Crippen LogP contribution in [0.5, 0.6) is 0 Å². The molecule has 0 radical (unpaired) electrons. The number of nitrogens with two attached hydrogens (primary N) is 1. The molecule has 0 spiro atoms. The van der Waals surface area contributed by atoms with Crippen molar-refractivity contribution in [3.05, 3.63) is 28.7 Å². The van der Waals surface area contributed by atoms with Crippen LogP contribution in [0.1, 0.15) is 19.3 Å². The Morgan fingerprint density at radius 2 is 2.32 bits per heavy atom. The Balaban J connectivity index is 1.83. The molecule has 6 heteroatoms. The van der Waals surface area contributed by atoms with Gasteiger partial charge in [0, 0.05) is 31.1 Å². The first-order chi connectivity index (χ1) is 9.15. The normalized spacial score (nSPS) is 19.1. The van der Waals surface area contributed by atoms with Crippen molar-refractivity contribution in [3.8, 4) is 0 Å². The number of nitrogens with zero attached hydrogens (tertiary/aromatic N) is 1. The molecule has 2 heterocycles. The first-order valence-corrected chi connectivity index (χ1v) is 6.49. The molecule has 1 aromatic heterocycles. The van der Waals surface area contributed by atoms with Crippen molar-refractivity contribution in [2.75, 3.05) is 18.9 Å². The minimum absolute atomic E-state index is 0.0173. The molecule has 6 nitrogen and oxygen atoms in total. The summed E-state index contributed by atoms with van der Waals surface area (Å²) in [7, 11) is 0. The number of carbonyl (C=O) groups excluding carboxylic acids is 1. The second-order valence-corrected chi connectivity index (χ2v) is 4.72. The fraction of sp³-hybridized carbons (Fsp3) is 0.538. The zero-order valence-corrected chi connectivity index (χ0v) is 10.8. The summed E-state index contributed by atoms with van der Waals surface area (Å²) in [5.74, 6) is -0.207. The van der Waals surface area contributed by atoms with Gasteiger partial charge in [-0.25, -0.2) is 0 Å². The molecule has 1 saturated heterocycles. The van der Waals surface area contributed by atoms with E-state index in [1.54, 1.807) is 0 Å². The second-order valence-electron chi connectivity index (χ2n) is 4.72. The third-order valence-electron chi connectivity index (χ3n) is 3.12. The topological polar surface area (TPSA) is 86.4 Å². The fourth-order valence-corrected chi connectivity index (χ4v) is 2.08. The summed E-state index contributed by atoms with van der Waals surface area (Å²) in [5.41, 5.74) is 5.81. The Morgan fingerprint density at radius 3 is 3.05 bits per heavy atom. The maximum Gasteiger partial charge on any atom is 0.251 e. The van der Waals surface area contributed by atoms with Crippen LogP contribution in [0.3, 0.4) is 0 Å². The average molecular weight is 265 g/mol. The highest BCUT2D eigenvalue weighted by Crippen LogP contribution is 2.11. The molecule has 0 saturated carbocycles. The molecule has 1 fully saturated rings. The SMILES string of the molecule is Nc1ccc(=O)n(CC(=O)NCC2CCCCO2)c1. The number of ether oxygens (including phenoxy) is 1. The molecule has 0 bridgehead atoms. The molecule has 1 aliphatic heterocycles. The Kier molecular flexibility index (Phi) is 4.57. The largest absolute Gasteiger partial charge is 0.398 e. The van der Waals surface area contributed by atoms with E-state index in [1.165, 1.54) is 22.9 Å². The number of nitrogens with one attached hydrogen (secondary N) is 1. The molecule has 3 N–H and O–H groups in total. The van der Waals surface area contributed by atoms with Crippen molar-refractivity contribution in [3.63, 3.8) is 0 Å². The van der Waals surface area contributed by atoms with Crippen LogP contribution in [0, 0.1) is 0 Å². The number of nitrogen functional groups attached to an aromatic ring is 1. The Hall–Kier alpha value is -1.82. The van der Waals surface area contributed by atoms with Crippen molar-refractivity contribution in [2.45, 2.75) is 31.9 Å². The molecular formula is C13H19N3O3. The van der Waals surface area contributed by atoms with Crippen molar-refractivity contribution >= 4 is 11.6 Å². The van der Waals surface area contributed by atoms with Crippen LogP contribution >= 0.6 is 0 Å². The van der Waals surface area contributed by atoms with Gasteiger partial charge in [0.1, 0.15) is 6.54 Å². The smallest absolute Gasteiger partial charge is 0.251 e. The van der Waals surface area contributed by atoms with Crippen LogP contribution in [0.15, 0.2) is 23.1 Å². The maximum absolute atomic E-state index is 11.8. The van der Waals surface area contributed by atoms with Gasteiger partial charge in [-0.2, -0.15) is 0 Å². The van der Waals surface area contributed by atoms with Gasteiger partial charge in [-0.15, -0.1) is 0 Å². The lowest BCUT2D eigenvalue weighted by molar-refractivity contribution is -0.122. The molecule has 1 unspecified atom stereocenters. The molecule has 19 heavy (non-hydrogen) atoms. The molecular weight excluding hydrogens is 246 g/mol. The van der Waals surface area contributed by atoms with E-state index < -0.39 is 0 Å². The van der Waals surface area contributed by atoms with Crippen LogP contribution in [0.25, 0.3) is 0 Å². The fourth-order valence-electron chi connectivity index (χ4n) is 2.08. The van der Waals surface area contributed by atoms with E-state index in [-0.39, 0.29) is 24.1 Å². The Bertz CT molecular complexity index is 492. The van der Waals surface area contributed by atoms with Crippen LogP contribution < -0.4 is 16.6 Å². The Labute approximate surface area is 111 Å². The molecule has 0 aromatic carbocycles. The van der Waals surface area contributed by atoms with Gasteiger partial charge < -0.3 is 20.4 Å². The zero-order valence-electron chi connectivity index (χ0n) is 10.8. The molecule has 2 rings (SSSR count). The van der Waals surface area contributed by atoms with E-state index >= 15 is 0 Å². The first kappa shape index (κ1) is 13.6. The highest BCUT2D eigenvalue weighted by molar-refractivity contribution is 5.75. The number of hydrogen-bond acceptors (Lipinski definition) is 4. The van der Waals surface area contributed by atoms with Gasteiger partial charge in [0.15, 0.2) is 0 Å². The predicted octanol–water partition coefficient (Wildman–Crippen LogP) is 0.116. The summed E-state index contributed by atoms with van der Waals surface area (Å²) in [4.78, 5) is 23.3. The van der Waals surface area contributed by atoms with Gasteiger partial charge in [-0.1, -0.05) is 0 Å². The van der Waals surface area contributed by atoms with E-state index in [1.807, 2.05) is 0 Å². The van der Waals surface area contributed by atoms with E-state index in [0.717, 1.165) is 25.9 Å². The molecule has 0 aliphatic carbocycles. The molecule has 1 aliphatic rings. The number of pyridine rings is 1. The lowest BCUT2D eigenvalue weighted by atomic mass is 10.1. The van der Waals surface area contributed by atoms with Crippen molar-refractivity contribution < 1.29 is 9.53 Å². The lowest BCUT2D eigenvalue weighted by Gasteiger charge is -2.22. The van der Waals surface area contributed by atoms with E-state index in [2.05, 4.69) is 5.32 Å². The minimum atomic E-state index is -0.238. The van der Waals surface area contributed by atoms with Gasteiger partial charge in [-0.3, -0.25) is 9.59 Å². The van der Waals surface area contributed by atoms with Crippen LogP contribution in [0.4, 0.5) is 5.69 Å². The summed E-state index contributed by atoms with van der Waals surface area (Å²) in [6.45, 7) is 1.24. The van der Waals surface area contributed by atoms with Gasteiger partial charge in [0.05, 0.1) is 6.10 Å². The van der Waals surface area contributed by atoms with Crippen molar-refractivity contribution in [1.29, 1.82) is 0 Å². The highest BCUT2D eigenvalue weighted by Gasteiger charge is 2.14.